The normalized spacial score (nSPS) is 10.4. The largest absolute Gasteiger partial charge is 0.360 e. The molecule has 0 radical (unpaired) electrons. The Morgan fingerprint density at radius 1 is 1.60 bits per heavy atom. The number of rotatable bonds is 4. The third kappa shape index (κ3) is 4.62. The zero-order valence-corrected chi connectivity index (χ0v) is 11.1. The molecule has 1 aromatic heterocycles. The molecular weight excluding hydrogens is 224 g/mol. The number of hydrogen-bond acceptors (Lipinski definition) is 2. The highest BCUT2D eigenvalue weighted by atomic mass is 32.1. The summed E-state index contributed by atoms with van der Waals surface area (Å²) in [5.41, 5.74) is 0. The number of thiocarbonyl (C=S) groups is 1. The maximum absolute atomic E-state index is 5.27. The third-order valence-corrected chi connectivity index (χ3v) is 3.40. The van der Waals surface area contributed by atoms with Gasteiger partial charge in [-0.05, 0) is 43.9 Å². The van der Waals surface area contributed by atoms with Crippen LogP contribution in [-0.2, 0) is 6.42 Å². The molecule has 1 aromatic rings. The second-order valence-electron chi connectivity index (χ2n) is 3.86. The molecule has 0 spiro atoms. The first-order valence-electron chi connectivity index (χ1n) is 5.13. The highest BCUT2D eigenvalue weighted by molar-refractivity contribution is 7.80. The van der Waals surface area contributed by atoms with Crippen molar-refractivity contribution >= 4 is 28.7 Å². The molecule has 0 atom stereocenters. The van der Waals surface area contributed by atoms with Crippen molar-refractivity contribution in [2.75, 3.05) is 13.6 Å². The van der Waals surface area contributed by atoms with Crippen LogP contribution in [0.3, 0.4) is 0 Å². The van der Waals surface area contributed by atoms with Crippen LogP contribution in [0.15, 0.2) is 17.5 Å². The van der Waals surface area contributed by atoms with Crippen LogP contribution in [0.1, 0.15) is 18.7 Å². The van der Waals surface area contributed by atoms with E-state index in [0.717, 1.165) is 18.1 Å². The zero-order valence-electron chi connectivity index (χ0n) is 9.49. The lowest BCUT2D eigenvalue weighted by Crippen LogP contribution is -2.41. The molecule has 0 saturated carbocycles. The van der Waals surface area contributed by atoms with Gasteiger partial charge in [0.2, 0.25) is 0 Å². The summed E-state index contributed by atoms with van der Waals surface area (Å²) >= 11 is 7.07. The summed E-state index contributed by atoms with van der Waals surface area (Å²) in [6, 6.07) is 4.66. The van der Waals surface area contributed by atoms with Crippen LogP contribution in [0, 0.1) is 0 Å². The Bertz CT molecular complexity index is 294. The van der Waals surface area contributed by atoms with Crippen LogP contribution in [0.5, 0.6) is 0 Å². The van der Waals surface area contributed by atoms with Crippen molar-refractivity contribution < 1.29 is 0 Å². The second kappa shape index (κ2) is 6.08. The Balaban J connectivity index is 2.29. The summed E-state index contributed by atoms with van der Waals surface area (Å²) in [6.45, 7) is 5.16. The predicted octanol–water partition coefficient (Wildman–Crippen LogP) is 2.51. The van der Waals surface area contributed by atoms with E-state index in [-0.39, 0.29) is 0 Å². The highest BCUT2D eigenvalue weighted by Crippen LogP contribution is 2.09. The molecule has 1 heterocycles. The van der Waals surface area contributed by atoms with Crippen LogP contribution in [0.4, 0.5) is 0 Å². The van der Waals surface area contributed by atoms with E-state index in [1.165, 1.54) is 4.88 Å². The molecule has 0 saturated heterocycles. The van der Waals surface area contributed by atoms with Gasteiger partial charge in [0.15, 0.2) is 5.11 Å². The molecule has 15 heavy (non-hydrogen) atoms. The Morgan fingerprint density at radius 3 is 2.87 bits per heavy atom. The lowest BCUT2D eigenvalue weighted by Gasteiger charge is -2.22. The van der Waals surface area contributed by atoms with E-state index in [2.05, 4.69) is 41.6 Å². The molecule has 0 aliphatic heterocycles. The standard InChI is InChI=1S/C11H18N2S2/c1-9(2)12-11(14)13(3)7-6-10-5-4-8-15-10/h4-5,8-9H,6-7H2,1-3H3,(H,12,14). The first kappa shape index (κ1) is 12.5. The summed E-state index contributed by atoms with van der Waals surface area (Å²) < 4.78 is 0. The molecule has 2 nitrogen and oxygen atoms in total. The maximum Gasteiger partial charge on any atom is 0.168 e. The number of nitrogens with zero attached hydrogens (tertiary/aromatic N) is 1. The average molecular weight is 242 g/mol. The van der Waals surface area contributed by atoms with Gasteiger partial charge in [0.1, 0.15) is 0 Å². The van der Waals surface area contributed by atoms with Crippen molar-refractivity contribution in [2.24, 2.45) is 0 Å². The van der Waals surface area contributed by atoms with E-state index < -0.39 is 0 Å². The van der Waals surface area contributed by atoms with Crippen molar-refractivity contribution in [3.05, 3.63) is 22.4 Å². The van der Waals surface area contributed by atoms with Gasteiger partial charge in [-0.2, -0.15) is 0 Å². The maximum atomic E-state index is 5.27. The molecule has 1 rings (SSSR count). The summed E-state index contributed by atoms with van der Waals surface area (Å²) in [4.78, 5) is 3.50. The van der Waals surface area contributed by atoms with Crippen molar-refractivity contribution in [1.82, 2.24) is 10.2 Å². The van der Waals surface area contributed by atoms with Gasteiger partial charge in [-0.15, -0.1) is 11.3 Å². The van der Waals surface area contributed by atoms with Gasteiger partial charge in [-0.25, -0.2) is 0 Å². The quantitative estimate of drug-likeness (QED) is 0.817. The predicted molar refractivity (Wildman–Crippen MR) is 71.5 cm³/mol. The fourth-order valence-corrected chi connectivity index (χ4v) is 2.22. The first-order valence-corrected chi connectivity index (χ1v) is 6.42. The summed E-state index contributed by atoms with van der Waals surface area (Å²) in [5, 5.41) is 6.18. The van der Waals surface area contributed by atoms with E-state index in [1.807, 2.05) is 7.05 Å². The van der Waals surface area contributed by atoms with Crippen molar-refractivity contribution in [2.45, 2.75) is 26.3 Å². The fourth-order valence-electron chi connectivity index (χ4n) is 1.19. The number of nitrogens with one attached hydrogen (secondary N) is 1. The SMILES string of the molecule is CC(C)NC(=S)N(C)CCc1cccs1. The van der Waals surface area contributed by atoms with Gasteiger partial charge in [0.25, 0.3) is 0 Å². The molecule has 4 heteroatoms. The Labute approximate surface area is 101 Å². The average Bonchev–Trinajstić information content (AvgIpc) is 2.65. The van der Waals surface area contributed by atoms with E-state index in [0.29, 0.717) is 6.04 Å². The van der Waals surface area contributed by atoms with E-state index in [9.17, 15) is 0 Å². The van der Waals surface area contributed by atoms with Crippen LogP contribution < -0.4 is 5.32 Å². The summed E-state index contributed by atoms with van der Waals surface area (Å²) in [5.74, 6) is 0. The van der Waals surface area contributed by atoms with Gasteiger partial charge in [-0.1, -0.05) is 6.07 Å². The molecule has 0 aliphatic carbocycles. The van der Waals surface area contributed by atoms with Gasteiger partial charge in [0.05, 0.1) is 0 Å². The number of hydrogen-bond donors (Lipinski definition) is 1. The van der Waals surface area contributed by atoms with Crippen LogP contribution in [-0.4, -0.2) is 29.6 Å². The van der Waals surface area contributed by atoms with Crippen LogP contribution in [0.25, 0.3) is 0 Å². The van der Waals surface area contributed by atoms with E-state index in [1.54, 1.807) is 11.3 Å². The molecule has 84 valence electrons. The second-order valence-corrected chi connectivity index (χ2v) is 5.27. The molecular formula is C11H18N2S2. The van der Waals surface area contributed by atoms with Gasteiger partial charge >= 0.3 is 0 Å². The van der Waals surface area contributed by atoms with Gasteiger partial charge in [0, 0.05) is 24.5 Å². The molecule has 0 bridgehead atoms. The topological polar surface area (TPSA) is 15.3 Å². The number of thiophene rings is 1. The van der Waals surface area contributed by atoms with Crippen molar-refractivity contribution in [3.8, 4) is 0 Å². The van der Waals surface area contributed by atoms with Crippen LogP contribution in [0.2, 0.25) is 0 Å². The molecule has 0 amide bonds. The Kier molecular flexibility index (Phi) is 5.05. The van der Waals surface area contributed by atoms with E-state index in [4.69, 9.17) is 12.2 Å². The van der Waals surface area contributed by atoms with Crippen LogP contribution >= 0.6 is 23.6 Å². The smallest absolute Gasteiger partial charge is 0.168 e. The summed E-state index contributed by atoms with van der Waals surface area (Å²) in [7, 11) is 2.03. The molecule has 0 aliphatic rings. The van der Waals surface area contributed by atoms with Crippen molar-refractivity contribution in [1.29, 1.82) is 0 Å². The monoisotopic (exact) mass is 242 g/mol. The fraction of sp³-hybridized carbons (Fsp3) is 0.545. The molecule has 1 N–H and O–H groups in total. The lowest BCUT2D eigenvalue weighted by atomic mass is 10.3. The Hall–Kier alpha value is -0.610. The summed E-state index contributed by atoms with van der Waals surface area (Å²) in [6.07, 6.45) is 1.06. The zero-order chi connectivity index (χ0) is 11.3. The third-order valence-electron chi connectivity index (χ3n) is 2.03. The van der Waals surface area contributed by atoms with Gasteiger partial charge in [-0.3, -0.25) is 0 Å². The van der Waals surface area contributed by atoms with E-state index >= 15 is 0 Å². The minimum Gasteiger partial charge on any atom is -0.360 e. The van der Waals surface area contributed by atoms with Gasteiger partial charge < -0.3 is 10.2 Å². The van der Waals surface area contributed by atoms with Crippen molar-refractivity contribution in [3.63, 3.8) is 0 Å². The Morgan fingerprint density at radius 2 is 2.33 bits per heavy atom. The first-order chi connectivity index (χ1) is 7.09. The molecule has 0 unspecified atom stereocenters. The minimum atomic E-state index is 0.404. The highest BCUT2D eigenvalue weighted by Gasteiger charge is 2.05. The molecule has 0 aromatic carbocycles. The lowest BCUT2D eigenvalue weighted by molar-refractivity contribution is 0.490. The number of likely N-dealkylation sites (N-methyl/N-ethyl adjacent to an activating group) is 1. The molecule has 0 fully saturated rings. The minimum absolute atomic E-state index is 0.404.